The molecule has 0 spiro atoms. The molecule has 5 rings (SSSR count). The molecule has 1 aromatic carbocycles. The van der Waals surface area contributed by atoms with E-state index in [1.807, 2.05) is 0 Å². The molecule has 4 aliphatic rings. The Hall–Kier alpha value is 0.599. The van der Waals surface area contributed by atoms with Crippen LogP contribution in [0.4, 0.5) is 0 Å². The van der Waals surface area contributed by atoms with E-state index in [0.29, 0.717) is 0 Å². The number of hydrogen-bond donors (Lipinski definition) is 0. The van der Waals surface area contributed by atoms with Gasteiger partial charge in [0.1, 0.15) is 0 Å². The smallest absolute Gasteiger partial charge is 0.358 e. The third-order valence-corrected chi connectivity index (χ3v) is 16.3. The molecule has 4 fully saturated rings. The zero-order valence-corrected chi connectivity index (χ0v) is 27.1. The Morgan fingerprint density at radius 3 is 1.53 bits per heavy atom. The van der Waals surface area contributed by atoms with Crippen molar-refractivity contribution in [1.29, 1.82) is 0 Å². The van der Waals surface area contributed by atoms with Gasteiger partial charge < -0.3 is 14.9 Å². The molecule has 0 N–H and O–H groups in total. The summed E-state index contributed by atoms with van der Waals surface area (Å²) in [6, 6.07) is 11.5. The minimum absolute atomic E-state index is 0. The molecule has 3 unspecified atom stereocenters. The first-order valence-electron chi connectivity index (χ1n) is 14.8. The summed E-state index contributed by atoms with van der Waals surface area (Å²) in [5.41, 5.74) is 4.23. The molecule has 4 atom stereocenters. The predicted octanol–water partition coefficient (Wildman–Crippen LogP) is 11.0. The number of hydrogen-bond acceptors (Lipinski definition) is 0. The molecule has 1 aromatic rings. The van der Waals surface area contributed by atoms with E-state index >= 15 is 0 Å². The van der Waals surface area contributed by atoms with Crippen LogP contribution in [0, 0.1) is 20.8 Å². The molecule has 0 radical (unpaired) electrons. The summed E-state index contributed by atoms with van der Waals surface area (Å²) < 4.78 is 0. The zero-order valence-electron chi connectivity index (χ0n) is 24.2. The van der Waals surface area contributed by atoms with E-state index in [9.17, 15) is 0 Å². The van der Waals surface area contributed by atoms with Gasteiger partial charge in [-0.25, -0.2) is 0 Å². The average Bonchev–Trinajstić information content (AvgIpc) is 3.61. The molecule has 0 saturated heterocycles. The van der Waals surface area contributed by atoms with E-state index in [1.165, 1.54) is 89.9 Å². The molecule has 36 heavy (non-hydrogen) atoms. The number of benzene rings is 1. The fraction of sp³-hybridized carbons (Fsp3) is 0.758. The summed E-state index contributed by atoms with van der Waals surface area (Å²) in [6.45, 7) is 5.34. The van der Waals surface area contributed by atoms with Crippen molar-refractivity contribution in [1.82, 2.24) is 0 Å². The first-order chi connectivity index (χ1) is 16.3. The van der Waals surface area contributed by atoms with Crippen LogP contribution >= 0.6 is 15.8 Å². The van der Waals surface area contributed by atoms with Crippen LogP contribution in [0.15, 0.2) is 30.3 Å². The quantitative estimate of drug-likeness (QED) is 0.181. The maximum atomic E-state index is 2.74. The van der Waals surface area contributed by atoms with E-state index in [-0.39, 0.29) is 47.8 Å². The van der Waals surface area contributed by atoms with Crippen LogP contribution in [-0.2, 0) is 17.1 Å². The molecule has 0 aliphatic heterocycles. The van der Waals surface area contributed by atoms with E-state index in [4.69, 9.17) is 0 Å². The second kappa shape index (κ2) is 18.8. The second-order valence-corrected chi connectivity index (χ2v) is 17.2. The minimum Gasteiger partial charge on any atom is -0.358 e. The summed E-state index contributed by atoms with van der Waals surface area (Å²) in [4.78, 5) is 0. The summed E-state index contributed by atoms with van der Waals surface area (Å²) in [6.07, 6.45) is 27.5. The van der Waals surface area contributed by atoms with Crippen molar-refractivity contribution in [3.05, 3.63) is 45.2 Å². The largest absolute Gasteiger partial charge is 2.00 e. The van der Waals surface area contributed by atoms with Crippen molar-refractivity contribution in [2.75, 3.05) is 6.66 Å². The van der Waals surface area contributed by atoms with Gasteiger partial charge in [-0.3, -0.25) is 0 Å². The fourth-order valence-electron chi connectivity index (χ4n) is 7.69. The Labute approximate surface area is 240 Å². The standard InChI is InChI=1S/C26H42P2.C5H10.2CH3.Fe/c1-21(25-19-12-20-26(25)27(2)22-13-6-3-7-14-22)28(23-15-8-4-9-16-23)24-17-10-5-11-18-24;1-2-4-5-3-1;;;/h3,6-7,13-14,21,23-26H,4-5,8-12,15-20H2,1-2H3;1-5H2;2*1H3;/q;;2*-1;+2/t21-,25?,26?,27?;;;;/m0..../s1. The van der Waals surface area contributed by atoms with Crippen LogP contribution < -0.4 is 5.30 Å². The normalized spacial score (nSPS) is 26.5. The van der Waals surface area contributed by atoms with Crippen molar-refractivity contribution >= 4 is 21.1 Å². The molecule has 0 aromatic heterocycles. The number of rotatable bonds is 6. The minimum atomic E-state index is 0. The van der Waals surface area contributed by atoms with Crippen molar-refractivity contribution in [3.63, 3.8) is 0 Å². The third kappa shape index (κ3) is 9.66. The van der Waals surface area contributed by atoms with Gasteiger partial charge in [0.05, 0.1) is 0 Å². The van der Waals surface area contributed by atoms with E-state index in [0.717, 1.165) is 28.6 Å². The topological polar surface area (TPSA) is 0 Å². The monoisotopic (exact) mass is 572 g/mol. The maximum Gasteiger partial charge on any atom is 2.00 e. The Balaban J connectivity index is 0.000000727. The van der Waals surface area contributed by atoms with Gasteiger partial charge in [0, 0.05) is 0 Å². The zero-order chi connectivity index (χ0) is 22.9. The molecule has 0 heterocycles. The SMILES string of the molecule is C1CCCC1.C[C@@H](C1CCCC1P(C)c1ccccc1)P(C1CCCCC1)C1CCCCC1.[CH3-].[CH3-].[Fe+2]. The van der Waals surface area contributed by atoms with Crippen molar-refractivity contribution < 1.29 is 17.1 Å². The van der Waals surface area contributed by atoms with Gasteiger partial charge in [0.25, 0.3) is 0 Å². The van der Waals surface area contributed by atoms with Gasteiger partial charge in [0.15, 0.2) is 0 Å². The van der Waals surface area contributed by atoms with E-state index in [1.54, 1.807) is 31.0 Å². The summed E-state index contributed by atoms with van der Waals surface area (Å²) in [7, 11) is 0.223. The molecule has 208 valence electrons. The van der Waals surface area contributed by atoms with Crippen molar-refractivity contribution in [2.24, 2.45) is 5.92 Å². The fourth-order valence-corrected chi connectivity index (χ4v) is 15.1. The molecule has 0 nitrogen and oxygen atoms in total. The Morgan fingerprint density at radius 1 is 0.611 bits per heavy atom. The Bertz CT molecular complexity index is 623. The van der Waals surface area contributed by atoms with Crippen LogP contribution in [0.2, 0.25) is 0 Å². The van der Waals surface area contributed by atoms with Crippen molar-refractivity contribution in [2.45, 2.75) is 145 Å². The summed E-state index contributed by atoms with van der Waals surface area (Å²) in [5, 5.41) is 1.65. The Kier molecular flexibility index (Phi) is 18.1. The molecule has 3 heteroatoms. The van der Waals surface area contributed by atoms with Gasteiger partial charge in [0.2, 0.25) is 0 Å². The average molecular weight is 573 g/mol. The molecular weight excluding hydrogens is 514 g/mol. The van der Waals surface area contributed by atoms with Gasteiger partial charge in [-0.05, 0) is 79.0 Å². The van der Waals surface area contributed by atoms with E-state index in [2.05, 4.69) is 43.9 Å². The molecule has 4 saturated carbocycles. The molecule has 0 bridgehead atoms. The third-order valence-electron chi connectivity index (χ3n) is 9.53. The molecule has 0 amide bonds. The van der Waals surface area contributed by atoms with Gasteiger partial charge in [-0.15, -0.1) is 0 Å². The maximum absolute atomic E-state index is 2.74. The molecule has 4 aliphatic carbocycles. The van der Waals surface area contributed by atoms with Crippen LogP contribution in [-0.4, -0.2) is 29.3 Å². The van der Waals surface area contributed by atoms with Gasteiger partial charge >= 0.3 is 17.1 Å². The van der Waals surface area contributed by atoms with Crippen molar-refractivity contribution in [3.8, 4) is 0 Å². The second-order valence-electron chi connectivity index (χ2n) is 11.6. The van der Waals surface area contributed by atoms with Crippen LogP contribution in [0.3, 0.4) is 0 Å². The first kappa shape index (κ1) is 34.6. The van der Waals surface area contributed by atoms with Crippen LogP contribution in [0.1, 0.15) is 122 Å². The predicted molar refractivity (Wildman–Crippen MR) is 166 cm³/mol. The summed E-state index contributed by atoms with van der Waals surface area (Å²) in [5.74, 6) is 1.02. The summed E-state index contributed by atoms with van der Waals surface area (Å²) >= 11 is 0. The van der Waals surface area contributed by atoms with Crippen LogP contribution in [0.25, 0.3) is 0 Å². The van der Waals surface area contributed by atoms with Gasteiger partial charge in [-0.2, -0.15) is 0 Å². The van der Waals surface area contributed by atoms with E-state index < -0.39 is 0 Å². The first-order valence-corrected chi connectivity index (χ1v) is 18.2. The van der Waals surface area contributed by atoms with Gasteiger partial charge in [-0.1, -0.05) is 130 Å². The Morgan fingerprint density at radius 2 is 1.06 bits per heavy atom. The molecular formula is C33H58FeP2. The van der Waals surface area contributed by atoms with Crippen LogP contribution in [0.5, 0.6) is 0 Å².